The van der Waals surface area contributed by atoms with E-state index in [0.29, 0.717) is 5.75 Å². The van der Waals surface area contributed by atoms with Gasteiger partial charge in [-0.25, -0.2) is 0 Å². The largest absolute Gasteiger partial charge is 0.484 e. The first-order chi connectivity index (χ1) is 11.4. The number of halogens is 3. The van der Waals surface area contributed by atoms with Crippen LogP contribution >= 0.6 is 0 Å². The van der Waals surface area contributed by atoms with Gasteiger partial charge in [0.25, 0.3) is 5.91 Å². The fourth-order valence-corrected chi connectivity index (χ4v) is 1.79. The van der Waals surface area contributed by atoms with E-state index in [1.54, 1.807) is 36.4 Å². The topological polar surface area (TPSA) is 47.6 Å². The maximum Gasteiger partial charge on any atom is 0.422 e. The number of rotatable bonds is 7. The molecule has 2 aromatic rings. The fourth-order valence-electron chi connectivity index (χ4n) is 1.79. The Labute approximate surface area is 137 Å². The van der Waals surface area contributed by atoms with E-state index in [1.165, 1.54) is 12.1 Å². The predicted octanol–water partition coefficient (Wildman–Crippen LogP) is 3.32. The highest BCUT2D eigenvalue weighted by molar-refractivity contribution is 5.77. The zero-order valence-electron chi connectivity index (χ0n) is 12.7. The van der Waals surface area contributed by atoms with Crippen LogP contribution in [0.2, 0.25) is 0 Å². The van der Waals surface area contributed by atoms with Crippen molar-refractivity contribution in [2.24, 2.45) is 0 Å². The van der Waals surface area contributed by atoms with E-state index in [0.717, 1.165) is 5.56 Å². The Morgan fingerprint density at radius 3 is 2.17 bits per heavy atom. The van der Waals surface area contributed by atoms with Crippen LogP contribution in [0.25, 0.3) is 0 Å². The molecule has 1 N–H and O–H groups in total. The van der Waals surface area contributed by atoms with Crippen molar-refractivity contribution >= 4 is 5.91 Å². The molecule has 4 nitrogen and oxygen atoms in total. The Hall–Kier alpha value is -2.70. The number of amides is 1. The highest BCUT2D eigenvalue weighted by atomic mass is 19.4. The second-order valence-corrected chi connectivity index (χ2v) is 4.93. The standard InChI is InChI=1S/C17H16F3NO3/c18-17(19,20)12-24-15-8-6-13(7-9-15)10-21-16(22)11-23-14-4-2-1-3-5-14/h1-9H,10-12H2,(H,21,22). The highest BCUT2D eigenvalue weighted by Gasteiger charge is 2.28. The molecule has 0 heterocycles. The summed E-state index contributed by atoms with van der Waals surface area (Å²) in [6.07, 6.45) is -4.37. The van der Waals surface area contributed by atoms with Crippen molar-refractivity contribution in [2.75, 3.05) is 13.2 Å². The number of alkyl halides is 3. The van der Waals surface area contributed by atoms with Crippen molar-refractivity contribution in [3.63, 3.8) is 0 Å². The number of para-hydroxylation sites is 1. The molecule has 0 aromatic heterocycles. The monoisotopic (exact) mass is 339 g/mol. The van der Waals surface area contributed by atoms with Crippen LogP contribution in [0.15, 0.2) is 54.6 Å². The summed E-state index contributed by atoms with van der Waals surface area (Å²) >= 11 is 0. The third-order valence-electron chi connectivity index (χ3n) is 2.93. The van der Waals surface area contributed by atoms with Crippen molar-refractivity contribution in [1.29, 1.82) is 0 Å². The molecule has 2 rings (SSSR count). The van der Waals surface area contributed by atoms with Crippen LogP contribution in [0.4, 0.5) is 13.2 Å². The number of hydrogen-bond acceptors (Lipinski definition) is 3. The predicted molar refractivity (Wildman–Crippen MR) is 81.8 cm³/mol. The molecular formula is C17H16F3NO3. The minimum atomic E-state index is -4.37. The average Bonchev–Trinajstić information content (AvgIpc) is 2.57. The van der Waals surface area contributed by atoms with Gasteiger partial charge in [0.15, 0.2) is 13.2 Å². The first-order valence-corrected chi connectivity index (χ1v) is 7.15. The summed E-state index contributed by atoms with van der Waals surface area (Å²) in [5.41, 5.74) is 0.738. The van der Waals surface area contributed by atoms with Gasteiger partial charge in [0.1, 0.15) is 11.5 Å². The lowest BCUT2D eigenvalue weighted by Gasteiger charge is -2.10. The first kappa shape index (κ1) is 17.7. The van der Waals surface area contributed by atoms with E-state index in [4.69, 9.17) is 4.74 Å². The zero-order valence-corrected chi connectivity index (χ0v) is 12.7. The molecule has 0 unspecified atom stereocenters. The molecule has 0 saturated heterocycles. The van der Waals surface area contributed by atoms with E-state index in [-0.39, 0.29) is 24.8 Å². The van der Waals surface area contributed by atoms with Crippen LogP contribution in [-0.2, 0) is 11.3 Å². The van der Waals surface area contributed by atoms with Crippen molar-refractivity contribution in [2.45, 2.75) is 12.7 Å². The van der Waals surface area contributed by atoms with Crippen LogP contribution in [0.1, 0.15) is 5.56 Å². The maximum absolute atomic E-state index is 12.0. The molecule has 24 heavy (non-hydrogen) atoms. The highest BCUT2D eigenvalue weighted by Crippen LogP contribution is 2.18. The number of carbonyl (C=O) groups excluding carboxylic acids is 1. The van der Waals surface area contributed by atoms with Gasteiger partial charge in [-0.2, -0.15) is 13.2 Å². The van der Waals surface area contributed by atoms with Crippen LogP contribution in [0.3, 0.4) is 0 Å². The number of ether oxygens (including phenoxy) is 2. The smallest absolute Gasteiger partial charge is 0.422 e. The fraction of sp³-hybridized carbons (Fsp3) is 0.235. The van der Waals surface area contributed by atoms with Gasteiger partial charge < -0.3 is 14.8 Å². The summed E-state index contributed by atoms with van der Waals surface area (Å²) < 4.78 is 46.0. The number of benzene rings is 2. The molecule has 0 bridgehead atoms. The first-order valence-electron chi connectivity index (χ1n) is 7.15. The van der Waals surface area contributed by atoms with Crippen molar-refractivity contribution < 1.29 is 27.4 Å². The van der Waals surface area contributed by atoms with Crippen molar-refractivity contribution in [3.05, 3.63) is 60.2 Å². The molecule has 0 aliphatic carbocycles. The normalized spacial score (nSPS) is 11.0. The van der Waals surface area contributed by atoms with E-state index < -0.39 is 12.8 Å². The Bertz CT molecular complexity index is 642. The van der Waals surface area contributed by atoms with Gasteiger partial charge in [0, 0.05) is 6.54 Å². The lowest BCUT2D eigenvalue weighted by molar-refractivity contribution is -0.153. The summed E-state index contributed by atoms with van der Waals surface area (Å²) in [7, 11) is 0. The molecule has 128 valence electrons. The lowest BCUT2D eigenvalue weighted by atomic mass is 10.2. The average molecular weight is 339 g/mol. The Kier molecular flexibility index (Phi) is 6.06. The molecule has 0 fully saturated rings. The van der Waals surface area contributed by atoms with Gasteiger partial charge in [0.2, 0.25) is 0 Å². The molecular weight excluding hydrogens is 323 g/mol. The lowest BCUT2D eigenvalue weighted by Crippen LogP contribution is -2.28. The van der Waals surface area contributed by atoms with Gasteiger partial charge in [-0.15, -0.1) is 0 Å². The van der Waals surface area contributed by atoms with Crippen LogP contribution < -0.4 is 14.8 Å². The quantitative estimate of drug-likeness (QED) is 0.842. The molecule has 1 amide bonds. The molecule has 2 aromatic carbocycles. The molecule has 7 heteroatoms. The third-order valence-corrected chi connectivity index (χ3v) is 2.93. The SMILES string of the molecule is O=C(COc1ccccc1)NCc1ccc(OCC(F)(F)F)cc1. The summed E-state index contributed by atoms with van der Waals surface area (Å²) in [5.74, 6) is 0.421. The van der Waals surface area contributed by atoms with Crippen molar-refractivity contribution in [3.8, 4) is 11.5 Å². The van der Waals surface area contributed by atoms with Crippen LogP contribution in [0, 0.1) is 0 Å². The molecule has 0 aliphatic rings. The maximum atomic E-state index is 12.0. The number of nitrogens with one attached hydrogen (secondary N) is 1. The van der Waals surface area contributed by atoms with Crippen molar-refractivity contribution in [1.82, 2.24) is 5.32 Å². The number of carbonyl (C=O) groups is 1. The minimum absolute atomic E-state index is 0.114. The summed E-state index contributed by atoms with van der Waals surface area (Å²) in [4.78, 5) is 11.7. The molecule has 0 spiro atoms. The molecule has 0 saturated carbocycles. The second-order valence-electron chi connectivity index (χ2n) is 4.93. The van der Waals surface area contributed by atoms with Crippen LogP contribution in [0.5, 0.6) is 11.5 Å². The van der Waals surface area contributed by atoms with E-state index in [9.17, 15) is 18.0 Å². The van der Waals surface area contributed by atoms with Gasteiger partial charge in [0.05, 0.1) is 0 Å². The van der Waals surface area contributed by atoms with Gasteiger partial charge >= 0.3 is 6.18 Å². The Morgan fingerprint density at radius 1 is 0.917 bits per heavy atom. The molecule has 0 radical (unpaired) electrons. The minimum Gasteiger partial charge on any atom is -0.484 e. The van der Waals surface area contributed by atoms with Gasteiger partial charge in [-0.1, -0.05) is 30.3 Å². The molecule has 0 atom stereocenters. The second kappa shape index (κ2) is 8.24. The Balaban J connectivity index is 1.72. The van der Waals surface area contributed by atoms with E-state index in [1.807, 2.05) is 6.07 Å². The summed E-state index contributed by atoms with van der Waals surface area (Å²) in [5, 5.41) is 2.66. The van der Waals surface area contributed by atoms with E-state index >= 15 is 0 Å². The third kappa shape index (κ3) is 6.60. The molecule has 0 aliphatic heterocycles. The Morgan fingerprint density at radius 2 is 1.54 bits per heavy atom. The van der Waals surface area contributed by atoms with Gasteiger partial charge in [-0.05, 0) is 29.8 Å². The zero-order chi connectivity index (χ0) is 17.4. The summed E-state index contributed by atoms with van der Waals surface area (Å²) in [6.45, 7) is -1.20. The van der Waals surface area contributed by atoms with Crippen LogP contribution in [-0.4, -0.2) is 25.3 Å². The van der Waals surface area contributed by atoms with Gasteiger partial charge in [-0.3, -0.25) is 4.79 Å². The summed E-state index contributed by atoms with van der Waals surface area (Å²) in [6, 6.07) is 15.0. The number of hydrogen-bond donors (Lipinski definition) is 1. The van der Waals surface area contributed by atoms with E-state index in [2.05, 4.69) is 10.1 Å².